The van der Waals surface area contributed by atoms with Crippen LogP contribution in [-0.2, 0) is 16.9 Å². The molecule has 25 heavy (non-hydrogen) atoms. The number of carbonyl (C=O) groups is 2. The van der Waals surface area contributed by atoms with E-state index in [1.807, 2.05) is 72.8 Å². The van der Waals surface area contributed by atoms with Crippen LogP contribution in [-0.4, -0.2) is 16.8 Å². The smallest absolute Gasteiger partial charge is 0.319 e. The molecule has 1 atom stereocenters. The predicted molar refractivity (Wildman–Crippen MR) is 96.8 cm³/mol. The zero-order valence-electron chi connectivity index (χ0n) is 13.9. The largest absolute Gasteiger partial charge is 0.325 e. The third kappa shape index (κ3) is 2.47. The number of benzene rings is 3. The van der Waals surface area contributed by atoms with Crippen molar-refractivity contribution in [2.45, 2.75) is 19.0 Å². The van der Waals surface area contributed by atoms with E-state index in [0.29, 0.717) is 0 Å². The Morgan fingerprint density at radius 1 is 0.880 bits per heavy atom. The first-order valence-electron chi connectivity index (χ1n) is 8.26. The lowest BCUT2D eigenvalue weighted by Crippen LogP contribution is -2.41. The molecule has 4 nitrogen and oxygen atoms in total. The summed E-state index contributed by atoms with van der Waals surface area (Å²) in [5.74, 6) is -0.224. The van der Waals surface area contributed by atoms with E-state index in [4.69, 9.17) is 0 Å². The number of imide groups is 1. The quantitative estimate of drug-likeness (QED) is 0.743. The number of nitrogens with one attached hydrogen (secondary N) is 1. The summed E-state index contributed by atoms with van der Waals surface area (Å²) in [6.45, 7) is 2.05. The average Bonchev–Trinajstić information content (AvgIpc) is 2.86. The summed E-state index contributed by atoms with van der Waals surface area (Å²) in [6, 6.07) is 22.9. The van der Waals surface area contributed by atoms with Gasteiger partial charge in [-0.15, -0.1) is 0 Å². The number of hydrogen-bond donors (Lipinski definition) is 1. The van der Waals surface area contributed by atoms with E-state index in [0.717, 1.165) is 21.9 Å². The first kappa shape index (κ1) is 15.4. The van der Waals surface area contributed by atoms with Crippen LogP contribution in [0, 0.1) is 0 Å². The molecule has 4 heteroatoms. The number of urea groups is 1. The molecule has 1 aliphatic heterocycles. The van der Waals surface area contributed by atoms with Crippen LogP contribution in [0.5, 0.6) is 0 Å². The second-order valence-corrected chi connectivity index (χ2v) is 6.46. The summed E-state index contributed by atoms with van der Waals surface area (Å²) < 4.78 is 0. The lowest BCUT2D eigenvalue weighted by molar-refractivity contribution is -0.131. The van der Waals surface area contributed by atoms with Crippen molar-refractivity contribution < 1.29 is 9.59 Å². The van der Waals surface area contributed by atoms with Crippen LogP contribution in [0.15, 0.2) is 72.8 Å². The number of rotatable bonds is 3. The maximum Gasteiger partial charge on any atom is 0.325 e. The van der Waals surface area contributed by atoms with Crippen molar-refractivity contribution >= 4 is 22.7 Å². The summed E-state index contributed by atoms with van der Waals surface area (Å²) in [4.78, 5) is 26.9. The molecule has 0 bridgehead atoms. The van der Waals surface area contributed by atoms with Gasteiger partial charge in [-0.25, -0.2) is 4.79 Å². The Bertz CT molecular complexity index is 963. The van der Waals surface area contributed by atoms with Crippen molar-refractivity contribution in [1.29, 1.82) is 0 Å². The zero-order valence-corrected chi connectivity index (χ0v) is 13.9. The summed E-state index contributed by atoms with van der Waals surface area (Å²) in [6.07, 6.45) is 0. The van der Waals surface area contributed by atoms with Crippen LogP contribution < -0.4 is 5.32 Å². The van der Waals surface area contributed by atoms with Gasteiger partial charge in [-0.1, -0.05) is 72.8 Å². The van der Waals surface area contributed by atoms with Crippen molar-refractivity contribution in [3.63, 3.8) is 0 Å². The second kappa shape index (κ2) is 5.74. The number of carbonyl (C=O) groups excluding carboxylic acids is 2. The highest BCUT2D eigenvalue weighted by atomic mass is 16.2. The zero-order chi connectivity index (χ0) is 17.4. The Kier molecular flexibility index (Phi) is 3.53. The van der Waals surface area contributed by atoms with Crippen molar-refractivity contribution in [2.24, 2.45) is 0 Å². The maximum absolute atomic E-state index is 13.1. The van der Waals surface area contributed by atoms with Crippen molar-refractivity contribution in [3.8, 4) is 0 Å². The average molecular weight is 330 g/mol. The lowest BCUT2D eigenvalue weighted by atomic mass is 9.88. The Balaban J connectivity index is 1.75. The lowest BCUT2D eigenvalue weighted by Gasteiger charge is -2.24. The molecule has 1 unspecified atom stereocenters. The number of hydrogen-bond acceptors (Lipinski definition) is 2. The number of fused-ring (bicyclic) bond motifs is 1. The molecule has 4 rings (SSSR count). The first-order valence-corrected chi connectivity index (χ1v) is 8.26. The van der Waals surface area contributed by atoms with Gasteiger partial charge in [-0.2, -0.15) is 0 Å². The molecule has 0 aliphatic carbocycles. The number of nitrogens with zero attached hydrogens (tertiary/aromatic N) is 1. The van der Waals surface area contributed by atoms with Gasteiger partial charge in [0.15, 0.2) is 0 Å². The normalized spacial score (nSPS) is 20.1. The van der Waals surface area contributed by atoms with Gasteiger partial charge in [-0.3, -0.25) is 9.69 Å². The topological polar surface area (TPSA) is 49.4 Å². The van der Waals surface area contributed by atoms with E-state index in [1.165, 1.54) is 4.90 Å². The standard InChI is InChI=1S/C21H18N2O2/c1-21(18-13-7-11-16-10-5-6-12-17(16)18)19(24)23(20(25)22-21)14-15-8-3-2-4-9-15/h2-13H,14H2,1H3,(H,22,25). The summed E-state index contributed by atoms with van der Waals surface area (Å²) in [7, 11) is 0. The van der Waals surface area contributed by atoms with Gasteiger partial charge < -0.3 is 5.32 Å². The Hall–Kier alpha value is -3.14. The molecule has 1 N–H and O–H groups in total. The van der Waals surface area contributed by atoms with Gasteiger partial charge in [-0.05, 0) is 28.8 Å². The van der Waals surface area contributed by atoms with Crippen LogP contribution in [0.3, 0.4) is 0 Å². The van der Waals surface area contributed by atoms with Crippen molar-refractivity contribution in [3.05, 3.63) is 83.9 Å². The molecule has 1 fully saturated rings. The Labute approximate surface area is 146 Å². The molecule has 3 aromatic rings. The van der Waals surface area contributed by atoms with Gasteiger partial charge in [0.25, 0.3) is 5.91 Å². The highest BCUT2D eigenvalue weighted by Crippen LogP contribution is 2.34. The summed E-state index contributed by atoms with van der Waals surface area (Å²) in [5, 5.41) is 4.92. The minimum atomic E-state index is -1.06. The molecule has 3 amide bonds. The van der Waals surface area contributed by atoms with Gasteiger partial charge in [0.2, 0.25) is 0 Å². The Morgan fingerprint density at radius 3 is 2.36 bits per heavy atom. The van der Waals surface area contributed by atoms with E-state index in [-0.39, 0.29) is 18.5 Å². The fraction of sp³-hybridized carbons (Fsp3) is 0.143. The molecular formula is C21H18N2O2. The SMILES string of the molecule is CC1(c2cccc3ccccc23)NC(=O)N(Cc2ccccc2)C1=O. The monoisotopic (exact) mass is 330 g/mol. The van der Waals surface area contributed by atoms with Gasteiger partial charge in [0, 0.05) is 0 Å². The van der Waals surface area contributed by atoms with Crippen LogP contribution in [0.4, 0.5) is 4.79 Å². The number of amides is 3. The summed E-state index contributed by atoms with van der Waals surface area (Å²) >= 11 is 0. The molecule has 0 radical (unpaired) electrons. The molecule has 0 spiro atoms. The van der Waals surface area contributed by atoms with E-state index >= 15 is 0 Å². The highest BCUT2D eigenvalue weighted by Gasteiger charge is 2.49. The van der Waals surface area contributed by atoms with Crippen LogP contribution >= 0.6 is 0 Å². The van der Waals surface area contributed by atoms with Crippen molar-refractivity contribution in [1.82, 2.24) is 10.2 Å². The molecule has 0 aromatic heterocycles. The minimum Gasteiger partial charge on any atom is -0.319 e. The first-order chi connectivity index (χ1) is 12.1. The molecule has 0 saturated carbocycles. The van der Waals surface area contributed by atoms with Crippen LogP contribution in [0.2, 0.25) is 0 Å². The third-order valence-corrected chi connectivity index (χ3v) is 4.79. The Morgan fingerprint density at radius 2 is 1.56 bits per heavy atom. The molecule has 124 valence electrons. The second-order valence-electron chi connectivity index (χ2n) is 6.46. The van der Waals surface area contributed by atoms with Gasteiger partial charge in [0.1, 0.15) is 5.54 Å². The van der Waals surface area contributed by atoms with Gasteiger partial charge in [0.05, 0.1) is 6.54 Å². The van der Waals surface area contributed by atoms with Crippen molar-refractivity contribution in [2.75, 3.05) is 0 Å². The van der Waals surface area contributed by atoms with Gasteiger partial charge >= 0.3 is 6.03 Å². The fourth-order valence-corrected chi connectivity index (χ4v) is 3.45. The summed E-state index contributed by atoms with van der Waals surface area (Å²) in [5.41, 5.74) is 0.680. The van der Waals surface area contributed by atoms with E-state index < -0.39 is 5.54 Å². The van der Waals surface area contributed by atoms with Crippen LogP contribution in [0.1, 0.15) is 18.1 Å². The minimum absolute atomic E-state index is 0.224. The van der Waals surface area contributed by atoms with E-state index in [1.54, 1.807) is 6.92 Å². The molecule has 1 heterocycles. The molecule has 1 saturated heterocycles. The molecular weight excluding hydrogens is 312 g/mol. The molecule has 3 aromatic carbocycles. The highest BCUT2D eigenvalue weighted by molar-refractivity contribution is 6.09. The van der Waals surface area contributed by atoms with E-state index in [2.05, 4.69) is 5.32 Å². The van der Waals surface area contributed by atoms with E-state index in [9.17, 15) is 9.59 Å². The maximum atomic E-state index is 13.1. The predicted octanol–water partition coefficient (Wildman–Crippen LogP) is 3.81. The fourth-order valence-electron chi connectivity index (χ4n) is 3.45. The van der Waals surface area contributed by atoms with Crippen LogP contribution in [0.25, 0.3) is 10.8 Å². The third-order valence-electron chi connectivity index (χ3n) is 4.79. The molecule has 1 aliphatic rings.